The molecule has 0 spiro atoms. The molecule has 1 aromatic carbocycles. The lowest BCUT2D eigenvalue weighted by Crippen LogP contribution is -2.51. The van der Waals surface area contributed by atoms with E-state index in [9.17, 15) is 14.4 Å². The van der Waals surface area contributed by atoms with Crippen LogP contribution in [0.4, 0.5) is 0 Å². The minimum atomic E-state index is -0.831. The van der Waals surface area contributed by atoms with Gasteiger partial charge >= 0.3 is 0 Å². The Balaban J connectivity index is 1.24. The number of fused-ring (bicyclic) bond motifs is 1. The Hall–Kier alpha value is -3.92. The minimum Gasteiger partial charge on any atom is -0.497 e. The summed E-state index contributed by atoms with van der Waals surface area (Å²) in [5.74, 6) is 0.450. The van der Waals surface area contributed by atoms with Gasteiger partial charge in [0.05, 0.1) is 19.7 Å². The predicted molar refractivity (Wildman–Crippen MR) is 151 cm³/mol. The number of rotatable bonds is 10. The molecular weight excluding hydrogens is 508 g/mol. The minimum absolute atomic E-state index is 0.0439. The first-order valence-electron chi connectivity index (χ1n) is 14.1. The summed E-state index contributed by atoms with van der Waals surface area (Å²) in [6.07, 6.45) is 7.31. The number of carbonyl (C=O) groups is 3. The van der Waals surface area contributed by atoms with Crippen molar-refractivity contribution >= 4 is 28.6 Å². The maximum Gasteiger partial charge on any atom is 0.243 e. The zero-order valence-electron chi connectivity index (χ0n) is 23.0. The van der Waals surface area contributed by atoms with Gasteiger partial charge in [0.1, 0.15) is 11.8 Å². The summed E-state index contributed by atoms with van der Waals surface area (Å²) >= 11 is 0. The summed E-state index contributed by atoms with van der Waals surface area (Å²) in [6.45, 7) is 2.30. The van der Waals surface area contributed by atoms with Crippen LogP contribution in [0.5, 0.6) is 5.75 Å². The molecule has 2 aromatic heterocycles. The number of H-pyrrole nitrogens is 1. The SMILES string of the molecule is COc1ccc(C[C@@H]2C[C@@H](C(=O)NCc3cc4cnccc4[nH]3)N(C(=O)[C@H](N)CCC(=O)N3CCCC3)C2)cc1. The number of methoxy groups -OCH3 is 1. The van der Waals surface area contributed by atoms with Crippen molar-refractivity contribution in [2.24, 2.45) is 11.7 Å². The molecule has 10 nitrogen and oxygen atoms in total. The molecule has 4 heterocycles. The summed E-state index contributed by atoms with van der Waals surface area (Å²) in [5.41, 5.74) is 9.25. The fraction of sp³-hybridized carbons (Fsp3) is 0.467. The zero-order chi connectivity index (χ0) is 28.1. The number of aromatic amines is 1. The number of aromatic nitrogens is 2. The van der Waals surface area contributed by atoms with E-state index in [1.54, 1.807) is 24.4 Å². The number of hydrogen-bond acceptors (Lipinski definition) is 6. The fourth-order valence-corrected chi connectivity index (χ4v) is 5.83. The van der Waals surface area contributed by atoms with Crippen molar-refractivity contribution in [2.45, 2.75) is 57.2 Å². The van der Waals surface area contributed by atoms with Crippen molar-refractivity contribution in [2.75, 3.05) is 26.7 Å². The van der Waals surface area contributed by atoms with Crippen LogP contribution < -0.4 is 15.8 Å². The fourth-order valence-electron chi connectivity index (χ4n) is 5.83. The van der Waals surface area contributed by atoms with Gasteiger partial charge in [-0.15, -0.1) is 0 Å². The third kappa shape index (κ3) is 6.44. The van der Waals surface area contributed by atoms with Crippen LogP contribution in [0.25, 0.3) is 10.9 Å². The van der Waals surface area contributed by atoms with E-state index in [0.717, 1.165) is 60.3 Å². The molecule has 0 radical (unpaired) electrons. The van der Waals surface area contributed by atoms with E-state index in [0.29, 0.717) is 19.5 Å². The second-order valence-corrected chi connectivity index (χ2v) is 10.9. The molecule has 2 aliphatic heterocycles. The van der Waals surface area contributed by atoms with Crippen LogP contribution in [-0.4, -0.2) is 76.3 Å². The maximum atomic E-state index is 13.5. The average molecular weight is 547 g/mol. The van der Waals surface area contributed by atoms with Crippen LogP contribution in [0.3, 0.4) is 0 Å². The van der Waals surface area contributed by atoms with E-state index in [4.69, 9.17) is 10.5 Å². The summed E-state index contributed by atoms with van der Waals surface area (Å²) in [5, 5.41) is 3.98. The van der Waals surface area contributed by atoms with Crippen molar-refractivity contribution in [3.05, 3.63) is 60.0 Å². The highest BCUT2D eigenvalue weighted by atomic mass is 16.5. The van der Waals surface area contributed by atoms with Gasteiger partial charge in [-0.05, 0) is 67.9 Å². The number of pyridine rings is 1. The first kappa shape index (κ1) is 27.6. The van der Waals surface area contributed by atoms with Gasteiger partial charge in [0.2, 0.25) is 17.7 Å². The molecule has 0 unspecified atom stereocenters. The Morgan fingerprint density at radius 1 is 1.18 bits per heavy atom. The predicted octanol–water partition coefficient (Wildman–Crippen LogP) is 2.38. The molecule has 3 atom stereocenters. The first-order chi connectivity index (χ1) is 19.4. The largest absolute Gasteiger partial charge is 0.497 e. The van der Waals surface area contributed by atoms with Crippen LogP contribution in [0, 0.1) is 5.92 Å². The van der Waals surface area contributed by atoms with E-state index in [1.165, 1.54) is 0 Å². The third-order valence-corrected chi connectivity index (χ3v) is 8.03. The first-order valence-corrected chi connectivity index (χ1v) is 14.1. The number of amides is 3. The number of nitrogens with zero attached hydrogens (tertiary/aromatic N) is 3. The Morgan fingerprint density at radius 3 is 2.67 bits per heavy atom. The van der Waals surface area contributed by atoms with Crippen molar-refractivity contribution in [3.8, 4) is 5.75 Å². The van der Waals surface area contributed by atoms with E-state index >= 15 is 0 Å². The van der Waals surface area contributed by atoms with E-state index < -0.39 is 12.1 Å². The number of nitrogens with two attached hydrogens (primary N) is 1. The van der Waals surface area contributed by atoms with E-state index in [-0.39, 0.29) is 36.5 Å². The van der Waals surface area contributed by atoms with Gasteiger partial charge in [-0.25, -0.2) is 0 Å². The molecule has 3 aromatic rings. The molecule has 212 valence electrons. The van der Waals surface area contributed by atoms with Crippen LogP contribution in [-0.2, 0) is 27.3 Å². The molecule has 0 bridgehead atoms. The van der Waals surface area contributed by atoms with Crippen LogP contribution in [0.2, 0.25) is 0 Å². The topological polar surface area (TPSA) is 134 Å². The molecular formula is C30H38N6O4. The average Bonchev–Trinajstić information content (AvgIpc) is 3.74. The smallest absolute Gasteiger partial charge is 0.243 e. The molecule has 5 rings (SSSR count). The Labute approximate surface area is 234 Å². The highest BCUT2D eigenvalue weighted by Crippen LogP contribution is 2.28. The molecule has 3 amide bonds. The van der Waals surface area contributed by atoms with Gasteiger partial charge in [0.15, 0.2) is 0 Å². The van der Waals surface area contributed by atoms with Gasteiger partial charge in [-0.1, -0.05) is 12.1 Å². The second-order valence-electron chi connectivity index (χ2n) is 10.9. The highest BCUT2D eigenvalue weighted by Gasteiger charge is 2.41. The lowest BCUT2D eigenvalue weighted by Gasteiger charge is -2.27. The quantitative estimate of drug-likeness (QED) is 0.358. The van der Waals surface area contributed by atoms with Gasteiger partial charge < -0.3 is 30.6 Å². The molecule has 0 saturated carbocycles. The lowest BCUT2D eigenvalue weighted by atomic mass is 9.96. The van der Waals surface area contributed by atoms with Crippen LogP contribution in [0.15, 0.2) is 48.8 Å². The number of likely N-dealkylation sites (tertiary alicyclic amines) is 2. The zero-order valence-corrected chi connectivity index (χ0v) is 23.0. The number of benzene rings is 1. The third-order valence-electron chi connectivity index (χ3n) is 8.03. The lowest BCUT2D eigenvalue weighted by molar-refractivity contribution is -0.140. The summed E-state index contributed by atoms with van der Waals surface area (Å²) in [6, 6.07) is 10.3. The Morgan fingerprint density at radius 2 is 1.95 bits per heavy atom. The molecule has 2 saturated heterocycles. The molecule has 4 N–H and O–H groups in total. The molecule has 2 aliphatic rings. The van der Waals surface area contributed by atoms with Gasteiger partial charge in [0.25, 0.3) is 0 Å². The van der Waals surface area contributed by atoms with Crippen LogP contribution in [0.1, 0.15) is 43.4 Å². The van der Waals surface area contributed by atoms with Crippen molar-refractivity contribution in [3.63, 3.8) is 0 Å². The Kier molecular flexibility index (Phi) is 8.64. The van der Waals surface area contributed by atoms with E-state index in [2.05, 4.69) is 15.3 Å². The van der Waals surface area contributed by atoms with E-state index in [1.807, 2.05) is 41.3 Å². The summed E-state index contributed by atoms with van der Waals surface area (Å²) in [4.78, 5) is 50.4. The number of carbonyl (C=O) groups excluding carboxylic acids is 3. The normalized spacial score (nSPS) is 19.6. The van der Waals surface area contributed by atoms with Gasteiger partial charge in [0, 0.05) is 55.0 Å². The molecule has 40 heavy (non-hydrogen) atoms. The van der Waals surface area contributed by atoms with Gasteiger partial charge in [-0.3, -0.25) is 19.4 Å². The molecule has 10 heteroatoms. The van der Waals surface area contributed by atoms with Crippen LogP contribution >= 0.6 is 0 Å². The standard InChI is InChI=1S/C30H38N6O4/c1-40-24-6-4-20(5-7-24)14-21-15-27(29(38)33-18-23-16-22-17-32-11-10-26(22)34-23)36(19-21)30(39)25(31)8-9-28(37)35-12-2-3-13-35/h4-7,10-11,16-17,21,25,27,34H,2-3,8-9,12-15,18-19,31H2,1H3,(H,33,38)/t21-,25-,27+/m1/s1. The van der Waals surface area contributed by atoms with Gasteiger partial charge in [-0.2, -0.15) is 0 Å². The molecule has 0 aliphatic carbocycles. The molecule has 2 fully saturated rings. The second kappa shape index (κ2) is 12.5. The van der Waals surface area contributed by atoms with Crippen molar-refractivity contribution in [1.29, 1.82) is 0 Å². The summed E-state index contributed by atoms with van der Waals surface area (Å²) in [7, 11) is 1.63. The Bertz CT molecular complexity index is 1300. The van der Waals surface area contributed by atoms with Crippen molar-refractivity contribution < 1.29 is 19.1 Å². The summed E-state index contributed by atoms with van der Waals surface area (Å²) < 4.78 is 5.26. The van der Waals surface area contributed by atoms with Crippen molar-refractivity contribution in [1.82, 2.24) is 25.1 Å². The highest BCUT2D eigenvalue weighted by molar-refractivity contribution is 5.91. The monoisotopic (exact) mass is 546 g/mol. The maximum absolute atomic E-state index is 13.5. The number of nitrogens with one attached hydrogen (secondary N) is 2. The number of ether oxygens (including phenoxy) is 1. The number of hydrogen-bond donors (Lipinski definition) is 3.